The zero-order valence-electron chi connectivity index (χ0n) is 16.2. The summed E-state index contributed by atoms with van der Waals surface area (Å²) in [4.78, 5) is 21.6. The van der Waals surface area contributed by atoms with Gasteiger partial charge in [0.15, 0.2) is 9.84 Å². The third kappa shape index (κ3) is 3.39. The molecule has 0 aliphatic carbocycles. The maximum atomic E-state index is 13.2. The summed E-state index contributed by atoms with van der Waals surface area (Å²) in [7, 11) is -2.20. The van der Waals surface area contributed by atoms with Crippen LogP contribution in [-0.2, 0) is 9.84 Å². The standard InChI is InChI=1S/C21H18N4O4S/c1-29-19-18(30(2,27)28)11-14(12-23-19)13-8-9-17-16(10-13)20(26)25(21(22)24-17)15-6-4-3-5-7-15/h3-12H,1-2H3,(H2,22,24). The number of ether oxygens (including phenoxy) is 1. The van der Waals surface area contributed by atoms with E-state index in [1.54, 1.807) is 42.5 Å². The van der Waals surface area contributed by atoms with Gasteiger partial charge in [-0.05, 0) is 35.9 Å². The van der Waals surface area contributed by atoms with Gasteiger partial charge in [-0.3, -0.25) is 4.79 Å². The van der Waals surface area contributed by atoms with Gasteiger partial charge in [-0.25, -0.2) is 23.0 Å². The molecule has 152 valence electrons. The summed E-state index contributed by atoms with van der Waals surface area (Å²) in [5.74, 6) is 0.0971. The summed E-state index contributed by atoms with van der Waals surface area (Å²) in [6.45, 7) is 0. The molecule has 0 aliphatic heterocycles. The number of aromatic nitrogens is 3. The normalized spacial score (nSPS) is 11.5. The van der Waals surface area contributed by atoms with Gasteiger partial charge in [-0.1, -0.05) is 24.3 Å². The van der Waals surface area contributed by atoms with E-state index in [-0.39, 0.29) is 22.3 Å². The minimum atomic E-state index is -3.56. The summed E-state index contributed by atoms with van der Waals surface area (Å²) in [5.41, 5.74) is 7.90. The van der Waals surface area contributed by atoms with Gasteiger partial charge in [-0.15, -0.1) is 0 Å². The minimum absolute atomic E-state index is 0.0166. The molecular weight excluding hydrogens is 404 g/mol. The van der Waals surface area contributed by atoms with Gasteiger partial charge in [0.2, 0.25) is 11.8 Å². The Kier molecular flexibility index (Phi) is 4.75. The molecule has 0 saturated heterocycles. The Morgan fingerprint density at radius 2 is 1.77 bits per heavy atom. The average Bonchev–Trinajstić information content (AvgIpc) is 2.73. The number of nitrogens with two attached hydrogens (primary N) is 1. The molecule has 4 aromatic rings. The minimum Gasteiger partial charge on any atom is -0.480 e. The number of sulfone groups is 1. The van der Waals surface area contributed by atoms with Crippen LogP contribution >= 0.6 is 0 Å². The Bertz CT molecular complexity index is 1430. The molecule has 4 rings (SSSR count). The number of hydrogen-bond donors (Lipinski definition) is 1. The van der Waals surface area contributed by atoms with E-state index in [0.717, 1.165) is 6.26 Å². The Morgan fingerprint density at radius 3 is 2.43 bits per heavy atom. The zero-order chi connectivity index (χ0) is 21.5. The van der Waals surface area contributed by atoms with Crippen LogP contribution < -0.4 is 16.0 Å². The van der Waals surface area contributed by atoms with Crippen LogP contribution in [0, 0.1) is 0 Å². The first-order valence-electron chi connectivity index (χ1n) is 8.92. The van der Waals surface area contributed by atoms with Crippen LogP contribution in [0.1, 0.15) is 0 Å². The van der Waals surface area contributed by atoms with Crippen molar-refractivity contribution in [3.8, 4) is 22.7 Å². The van der Waals surface area contributed by atoms with Crippen LogP contribution in [0.15, 0.2) is 70.5 Å². The molecule has 0 atom stereocenters. The molecule has 0 spiro atoms. The lowest BCUT2D eigenvalue weighted by molar-refractivity contribution is 0.385. The predicted molar refractivity (Wildman–Crippen MR) is 115 cm³/mol. The average molecular weight is 422 g/mol. The van der Waals surface area contributed by atoms with E-state index in [1.165, 1.54) is 23.9 Å². The molecule has 0 aliphatic rings. The summed E-state index contributed by atoms with van der Waals surface area (Å²) in [6, 6.07) is 15.5. The number of benzene rings is 2. The fourth-order valence-electron chi connectivity index (χ4n) is 3.22. The van der Waals surface area contributed by atoms with Crippen molar-refractivity contribution in [1.29, 1.82) is 0 Å². The van der Waals surface area contributed by atoms with E-state index in [2.05, 4.69) is 9.97 Å². The largest absolute Gasteiger partial charge is 0.480 e. The summed E-state index contributed by atoms with van der Waals surface area (Å²) in [5, 5.41) is 0.349. The highest BCUT2D eigenvalue weighted by Gasteiger charge is 2.18. The van der Waals surface area contributed by atoms with E-state index < -0.39 is 9.84 Å². The van der Waals surface area contributed by atoms with E-state index in [0.29, 0.717) is 27.7 Å². The van der Waals surface area contributed by atoms with Crippen LogP contribution in [0.5, 0.6) is 5.88 Å². The highest BCUT2D eigenvalue weighted by atomic mass is 32.2. The third-order valence-electron chi connectivity index (χ3n) is 4.65. The fourth-order valence-corrected chi connectivity index (χ4v) is 4.01. The van der Waals surface area contributed by atoms with Crippen molar-refractivity contribution in [2.45, 2.75) is 4.90 Å². The number of pyridine rings is 1. The van der Waals surface area contributed by atoms with Crippen molar-refractivity contribution < 1.29 is 13.2 Å². The molecule has 2 N–H and O–H groups in total. The number of rotatable bonds is 4. The number of nitrogen functional groups attached to an aromatic ring is 1. The number of methoxy groups -OCH3 is 1. The smallest absolute Gasteiger partial charge is 0.267 e. The van der Waals surface area contributed by atoms with Crippen LogP contribution in [0.2, 0.25) is 0 Å². The maximum Gasteiger partial charge on any atom is 0.267 e. The number of hydrogen-bond acceptors (Lipinski definition) is 7. The predicted octanol–water partition coefficient (Wildman–Crippen LogP) is 2.44. The Morgan fingerprint density at radius 1 is 1.03 bits per heavy atom. The van der Waals surface area contributed by atoms with Crippen molar-refractivity contribution in [3.05, 3.63) is 71.1 Å². The first-order chi connectivity index (χ1) is 14.3. The molecule has 0 amide bonds. The van der Waals surface area contributed by atoms with Crippen molar-refractivity contribution in [1.82, 2.24) is 14.5 Å². The second-order valence-electron chi connectivity index (χ2n) is 6.68. The summed E-state index contributed by atoms with van der Waals surface area (Å²) < 4.78 is 30.6. The van der Waals surface area contributed by atoms with E-state index >= 15 is 0 Å². The monoisotopic (exact) mass is 422 g/mol. The van der Waals surface area contributed by atoms with Crippen LogP contribution in [-0.4, -0.2) is 36.3 Å². The van der Waals surface area contributed by atoms with E-state index in [9.17, 15) is 13.2 Å². The SMILES string of the molecule is COc1ncc(-c2ccc3nc(N)n(-c4ccccc4)c(=O)c3c2)cc1S(C)(=O)=O. The van der Waals surface area contributed by atoms with Crippen molar-refractivity contribution in [2.24, 2.45) is 0 Å². The molecule has 0 radical (unpaired) electrons. The molecule has 2 aromatic heterocycles. The number of nitrogens with zero attached hydrogens (tertiary/aromatic N) is 3. The quantitative estimate of drug-likeness (QED) is 0.537. The van der Waals surface area contributed by atoms with Crippen molar-refractivity contribution in [3.63, 3.8) is 0 Å². The maximum absolute atomic E-state index is 13.2. The van der Waals surface area contributed by atoms with Crippen LogP contribution in [0.25, 0.3) is 27.7 Å². The number of anilines is 1. The second kappa shape index (κ2) is 7.27. The highest BCUT2D eigenvalue weighted by molar-refractivity contribution is 7.90. The van der Waals surface area contributed by atoms with E-state index in [1.807, 2.05) is 6.07 Å². The van der Waals surface area contributed by atoms with Gasteiger partial charge in [0.25, 0.3) is 5.56 Å². The number of para-hydroxylation sites is 1. The van der Waals surface area contributed by atoms with Gasteiger partial charge in [0, 0.05) is 18.0 Å². The van der Waals surface area contributed by atoms with Crippen molar-refractivity contribution in [2.75, 3.05) is 19.1 Å². The lowest BCUT2D eigenvalue weighted by atomic mass is 10.1. The van der Waals surface area contributed by atoms with Gasteiger partial charge >= 0.3 is 0 Å². The topological polar surface area (TPSA) is 117 Å². The zero-order valence-corrected chi connectivity index (χ0v) is 17.1. The lowest BCUT2D eigenvalue weighted by Gasteiger charge is -2.12. The van der Waals surface area contributed by atoms with Gasteiger partial charge < -0.3 is 10.5 Å². The second-order valence-corrected chi connectivity index (χ2v) is 8.67. The van der Waals surface area contributed by atoms with E-state index in [4.69, 9.17) is 10.5 Å². The molecule has 2 heterocycles. The summed E-state index contributed by atoms with van der Waals surface area (Å²) in [6.07, 6.45) is 2.58. The lowest BCUT2D eigenvalue weighted by Crippen LogP contribution is -2.23. The third-order valence-corrected chi connectivity index (χ3v) is 5.74. The number of fused-ring (bicyclic) bond motifs is 1. The molecule has 0 unspecified atom stereocenters. The molecule has 30 heavy (non-hydrogen) atoms. The van der Waals surface area contributed by atoms with Gasteiger partial charge in [-0.2, -0.15) is 0 Å². The Hall–Kier alpha value is -3.72. The molecule has 0 saturated carbocycles. The highest BCUT2D eigenvalue weighted by Crippen LogP contribution is 2.29. The molecular formula is C21H18N4O4S. The van der Waals surface area contributed by atoms with Gasteiger partial charge in [0.05, 0.1) is 23.7 Å². The first-order valence-corrected chi connectivity index (χ1v) is 10.8. The fraction of sp³-hybridized carbons (Fsp3) is 0.0952. The molecule has 0 fully saturated rings. The van der Waals surface area contributed by atoms with Crippen LogP contribution in [0.3, 0.4) is 0 Å². The van der Waals surface area contributed by atoms with Crippen molar-refractivity contribution >= 4 is 26.7 Å². The summed E-state index contributed by atoms with van der Waals surface area (Å²) >= 11 is 0. The molecule has 2 aromatic carbocycles. The molecule has 0 bridgehead atoms. The Labute approximate surface area is 172 Å². The van der Waals surface area contributed by atoms with Gasteiger partial charge in [0.1, 0.15) is 4.90 Å². The first kappa shape index (κ1) is 19.6. The molecule has 8 nitrogen and oxygen atoms in total. The molecule has 9 heteroatoms. The Balaban J connectivity index is 1.94. The van der Waals surface area contributed by atoms with Crippen LogP contribution in [0.4, 0.5) is 5.95 Å².